The summed E-state index contributed by atoms with van der Waals surface area (Å²) in [5.74, 6) is 0.678. The van der Waals surface area contributed by atoms with E-state index in [-0.39, 0.29) is 5.82 Å². The fourth-order valence-corrected chi connectivity index (χ4v) is 3.08. The van der Waals surface area contributed by atoms with Crippen molar-refractivity contribution in [2.75, 3.05) is 13.1 Å². The number of rotatable bonds is 1. The van der Waals surface area contributed by atoms with Gasteiger partial charge in [-0.05, 0) is 30.0 Å². The van der Waals surface area contributed by atoms with Crippen LogP contribution in [0.15, 0.2) is 24.3 Å². The Hall–Kier alpha value is -1.22. The SMILES string of the molecule is O=C1CCN2C[C@@H](c3ccc(F)cc3)C[C@@H]2C1. The largest absolute Gasteiger partial charge is 0.300 e. The molecule has 1 aromatic carbocycles. The van der Waals surface area contributed by atoms with Crippen LogP contribution in [0.2, 0.25) is 0 Å². The lowest BCUT2D eigenvalue weighted by Crippen LogP contribution is -2.38. The van der Waals surface area contributed by atoms with Crippen molar-refractivity contribution in [3.8, 4) is 0 Å². The van der Waals surface area contributed by atoms with Crippen LogP contribution in [0.4, 0.5) is 4.39 Å². The van der Waals surface area contributed by atoms with E-state index in [1.54, 1.807) is 0 Å². The highest BCUT2D eigenvalue weighted by Crippen LogP contribution is 2.35. The van der Waals surface area contributed by atoms with Gasteiger partial charge in [0.1, 0.15) is 11.6 Å². The van der Waals surface area contributed by atoms with E-state index >= 15 is 0 Å². The Kier molecular flexibility index (Phi) is 2.71. The molecule has 0 N–H and O–H groups in total. The molecule has 1 aromatic rings. The minimum Gasteiger partial charge on any atom is -0.300 e. The summed E-state index contributed by atoms with van der Waals surface area (Å²) in [4.78, 5) is 13.8. The van der Waals surface area contributed by atoms with Crippen LogP contribution in [0.3, 0.4) is 0 Å². The van der Waals surface area contributed by atoms with Gasteiger partial charge in [-0.25, -0.2) is 4.39 Å². The van der Waals surface area contributed by atoms with Crippen LogP contribution >= 0.6 is 0 Å². The monoisotopic (exact) mass is 233 g/mol. The predicted octanol–water partition coefficient (Wildman–Crippen LogP) is 2.35. The third kappa shape index (κ3) is 2.12. The number of hydrogen-bond donors (Lipinski definition) is 0. The van der Waals surface area contributed by atoms with Crippen LogP contribution in [-0.4, -0.2) is 29.8 Å². The lowest BCUT2D eigenvalue weighted by molar-refractivity contribution is -0.122. The number of halogens is 1. The van der Waals surface area contributed by atoms with Gasteiger partial charge < -0.3 is 0 Å². The molecule has 17 heavy (non-hydrogen) atoms. The molecular weight excluding hydrogens is 217 g/mol. The molecule has 3 rings (SSSR count). The number of benzene rings is 1. The Bertz CT molecular complexity index is 428. The first kappa shape index (κ1) is 10.9. The molecule has 0 amide bonds. The number of fused-ring (bicyclic) bond motifs is 1. The Morgan fingerprint density at radius 1 is 1.24 bits per heavy atom. The van der Waals surface area contributed by atoms with Crippen LogP contribution in [0.5, 0.6) is 0 Å². The summed E-state index contributed by atoms with van der Waals surface area (Å²) in [6.07, 6.45) is 2.45. The summed E-state index contributed by atoms with van der Waals surface area (Å²) in [6, 6.07) is 7.22. The number of carbonyl (C=O) groups excluding carboxylic acids is 1. The molecule has 0 radical (unpaired) electrons. The van der Waals surface area contributed by atoms with Gasteiger partial charge in [-0.1, -0.05) is 12.1 Å². The highest BCUT2D eigenvalue weighted by Gasteiger charge is 2.36. The molecule has 2 aliphatic heterocycles. The van der Waals surface area contributed by atoms with Gasteiger partial charge in [0.25, 0.3) is 0 Å². The quantitative estimate of drug-likeness (QED) is 0.742. The molecular formula is C14H16FNO. The Labute approximate surface area is 100 Å². The fraction of sp³-hybridized carbons (Fsp3) is 0.500. The van der Waals surface area contributed by atoms with Gasteiger partial charge in [-0.3, -0.25) is 9.69 Å². The van der Waals surface area contributed by atoms with Gasteiger partial charge in [0.15, 0.2) is 0 Å². The second kappa shape index (κ2) is 4.22. The van der Waals surface area contributed by atoms with Crippen molar-refractivity contribution in [2.45, 2.75) is 31.2 Å². The average molecular weight is 233 g/mol. The third-order valence-corrected chi connectivity index (χ3v) is 4.01. The standard InChI is InChI=1S/C14H16FNO/c15-12-3-1-10(2-4-12)11-7-13-8-14(17)5-6-16(13)9-11/h1-4,11,13H,5-9H2/t11-,13+/m0/s1. The molecule has 3 heteroatoms. The Morgan fingerprint density at radius 3 is 2.76 bits per heavy atom. The van der Waals surface area contributed by atoms with Gasteiger partial charge in [0.2, 0.25) is 0 Å². The van der Waals surface area contributed by atoms with Crippen LogP contribution < -0.4 is 0 Å². The molecule has 2 atom stereocenters. The van der Waals surface area contributed by atoms with Crippen molar-refractivity contribution >= 4 is 5.78 Å². The first-order valence-corrected chi connectivity index (χ1v) is 6.23. The summed E-state index contributed by atoms with van der Waals surface area (Å²) in [5.41, 5.74) is 1.20. The normalized spacial score (nSPS) is 29.4. The summed E-state index contributed by atoms with van der Waals surface area (Å²) in [5, 5.41) is 0. The molecule has 0 unspecified atom stereocenters. The number of nitrogens with zero attached hydrogens (tertiary/aromatic N) is 1. The minimum absolute atomic E-state index is 0.181. The zero-order valence-electron chi connectivity index (χ0n) is 9.73. The molecule has 0 bridgehead atoms. The van der Waals surface area contributed by atoms with E-state index in [1.165, 1.54) is 17.7 Å². The zero-order chi connectivity index (χ0) is 11.8. The molecule has 2 nitrogen and oxygen atoms in total. The van der Waals surface area contributed by atoms with Crippen molar-refractivity contribution in [3.63, 3.8) is 0 Å². The molecule has 2 saturated heterocycles. The lowest BCUT2D eigenvalue weighted by atomic mass is 9.94. The number of piperidine rings is 1. The molecule has 0 aliphatic carbocycles. The summed E-state index contributed by atoms with van der Waals surface area (Å²) >= 11 is 0. The fourth-order valence-electron chi connectivity index (χ4n) is 3.08. The van der Waals surface area contributed by atoms with E-state index in [2.05, 4.69) is 4.90 Å². The highest BCUT2D eigenvalue weighted by atomic mass is 19.1. The number of ketones is 1. The minimum atomic E-state index is -0.181. The summed E-state index contributed by atoms with van der Waals surface area (Å²) < 4.78 is 12.9. The molecule has 2 aliphatic rings. The van der Waals surface area contributed by atoms with E-state index < -0.39 is 0 Å². The van der Waals surface area contributed by atoms with Crippen molar-refractivity contribution < 1.29 is 9.18 Å². The molecule has 0 saturated carbocycles. The van der Waals surface area contributed by atoms with E-state index in [0.717, 1.165) is 19.5 Å². The third-order valence-electron chi connectivity index (χ3n) is 4.01. The number of Topliss-reactive ketones (excluding diaryl/α,β-unsaturated/α-hetero) is 1. The Morgan fingerprint density at radius 2 is 2.00 bits per heavy atom. The lowest BCUT2D eigenvalue weighted by Gasteiger charge is -2.27. The first-order valence-electron chi connectivity index (χ1n) is 6.23. The molecule has 90 valence electrons. The van der Waals surface area contributed by atoms with E-state index in [9.17, 15) is 9.18 Å². The van der Waals surface area contributed by atoms with Crippen molar-refractivity contribution in [3.05, 3.63) is 35.6 Å². The van der Waals surface area contributed by atoms with E-state index in [1.807, 2.05) is 12.1 Å². The van der Waals surface area contributed by atoms with Gasteiger partial charge in [-0.15, -0.1) is 0 Å². The smallest absolute Gasteiger partial charge is 0.135 e. The predicted molar refractivity (Wildman–Crippen MR) is 63.4 cm³/mol. The highest BCUT2D eigenvalue weighted by molar-refractivity contribution is 5.80. The van der Waals surface area contributed by atoms with E-state index in [0.29, 0.717) is 30.6 Å². The number of hydrogen-bond acceptors (Lipinski definition) is 2. The summed E-state index contributed by atoms with van der Waals surface area (Å²) in [7, 11) is 0. The second-order valence-corrected chi connectivity index (χ2v) is 5.13. The van der Waals surface area contributed by atoms with Crippen molar-refractivity contribution in [1.29, 1.82) is 0 Å². The zero-order valence-corrected chi connectivity index (χ0v) is 9.73. The van der Waals surface area contributed by atoms with Crippen molar-refractivity contribution in [1.82, 2.24) is 4.90 Å². The van der Waals surface area contributed by atoms with Crippen LogP contribution in [0.1, 0.15) is 30.7 Å². The molecule has 0 aromatic heterocycles. The molecule has 2 heterocycles. The molecule has 0 spiro atoms. The van der Waals surface area contributed by atoms with Crippen LogP contribution in [0, 0.1) is 5.82 Å². The topological polar surface area (TPSA) is 20.3 Å². The second-order valence-electron chi connectivity index (χ2n) is 5.13. The van der Waals surface area contributed by atoms with Gasteiger partial charge in [0.05, 0.1) is 0 Å². The first-order chi connectivity index (χ1) is 8.22. The maximum Gasteiger partial charge on any atom is 0.135 e. The Balaban J connectivity index is 1.75. The molecule has 2 fully saturated rings. The van der Waals surface area contributed by atoms with Crippen LogP contribution in [-0.2, 0) is 4.79 Å². The number of carbonyl (C=O) groups is 1. The average Bonchev–Trinajstić information content (AvgIpc) is 2.72. The van der Waals surface area contributed by atoms with Gasteiger partial charge >= 0.3 is 0 Å². The van der Waals surface area contributed by atoms with E-state index in [4.69, 9.17) is 0 Å². The van der Waals surface area contributed by atoms with Crippen molar-refractivity contribution in [2.24, 2.45) is 0 Å². The van der Waals surface area contributed by atoms with Gasteiger partial charge in [0, 0.05) is 32.0 Å². The maximum atomic E-state index is 12.9. The summed E-state index contributed by atoms with van der Waals surface area (Å²) in [6.45, 7) is 1.92. The maximum absolute atomic E-state index is 12.9. The van der Waals surface area contributed by atoms with Crippen LogP contribution in [0.25, 0.3) is 0 Å². The van der Waals surface area contributed by atoms with Gasteiger partial charge in [-0.2, -0.15) is 0 Å².